The second-order valence-corrected chi connectivity index (χ2v) is 3.43. The second kappa shape index (κ2) is 5.72. The monoisotopic (exact) mass is 230 g/mol. The predicted octanol–water partition coefficient (Wildman–Crippen LogP) is 1.55. The zero-order valence-corrected chi connectivity index (χ0v) is 9.58. The molecule has 1 unspecified atom stereocenters. The molecule has 0 fully saturated rings. The van der Waals surface area contributed by atoms with Crippen molar-refractivity contribution in [2.24, 2.45) is 0 Å². The molecule has 0 amide bonds. The van der Waals surface area contributed by atoms with Gasteiger partial charge in [-0.2, -0.15) is 0 Å². The van der Waals surface area contributed by atoms with E-state index in [9.17, 15) is 0 Å². The van der Waals surface area contributed by atoms with Gasteiger partial charge >= 0.3 is 0 Å². The Hall–Kier alpha value is -1.07. The maximum absolute atomic E-state index is 5.74. The summed E-state index contributed by atoms with van der Waals surface area (Å²) in [7, 11) is 0. The predicted molar refractivity (Wildman–Crippen MR) is 61.0 cm³/mol. The number of aromatic nitrogens is 2. The van der Waals surface area contributed by atoms with E-state index in [1.807, 2.05) is 13.8 Å². The van der Waals surface area contributed by atoms with E-state index in [-0.39, 0.29) is 11.3 Å². The van der Waals surface area contributed by atoms with Gasteiger partial charge in [0.25, 0.3) is 0 Å². The summed E-state index contributed by atoms with van der Waals surface area (Å²) in [6.45, 7) is 5.23. The number of halogens is 1. The average Bonchev–Trinajstić information content (AvgIpc) is 2.21. The highest BCUT2D eigenvalue weighted by atomic mass is 35.5. The van der Waals surface area contributed by atoms with Crippen LogP contribution in [-0.4, -0.2) is 29.2 Å². The van der Waals surface area contributed by atoms with Gasteiger partial charge in [0.05, 0.1) is 6.10 Å². The van der Waals surface area contributed by atoms with Crippen molar-refractivity contribution in [3.8, 4) is 0 Å². The van der Waals surface area contributed by atoms with E-state index in [0.717, 1.165) is 0 Å². The van der Waals surface area contributed by atoms with Crippen LogP contribution in [0.15, 0.2) is 6.33 Å². The lowest BCUT2D eigenvalue weighted by Gasteiger charge is -2.13. The van der Waals surface area contributed by atoms with E-state index in [1.165, 1.54) is 6.33 Å². The number of anilines is 2. The Morgan fingerprint density at radius 1 is 1.60 bits per heavy atom. The van der Waals surface area contributed by atoms with Crippen LogP contribution in [-0.2, 0) is 4.74 Å². The zero-order valence-electron chi connectivity index (χ0n) is 8.83. The molecule has 1 rings (SSSR count). The molecule has 84 valence electrons. The van der Waals surface area contributed by atoms with Crippen LogP contribution >= 0.6 is 11.6 Å². The molecule has 0 aliphatic heterocycles. The maximum Gasteiger partial charge on any atom is 0.157 e. The molecule has 15 heavy (non-hydrogen) atoms. The molecule has 1 heterocycles. The number of hydrogen-bond acceptors (Lipinski definition) is 5. The lowest BCUT2D eigenvalue weighted by Crippen LogP contribution is -2.20. The first-order chi connectivity index (χ1) is 7.15. The van der Waals surface area contributed by atoms with Gasteiger partial charge in [-0.25, -0.2) is 9.97 Å². The Balaban J connectivity index is 2.54. The number of nitrogens with one attached hydrogen (secondary N) is 1. The molecular weight excluding hydrogens is 216 g/mol. The fraction of sp³-hybridized carbons (Fsp3) is 0.556. The number of ether oxygens (including phenoxy) is 1. The van der Waals surface area contributed by atoms with Crippen molar-refractivity contribution in [1.82, 2.24) is 9.97 Å². The van der Waals surface area contributed by atoms with Gasteiger partial charge in [0, 0.05) is 13.2 Å². The molecule has 3 N–H and O–H groups in total. The second-order valence-electron chi connectivity index (χ2n) is 3.07. The van der Waals surface area contributed by atoms with Crippen LogP contribution in [0.2, 0.25) is 5.15 Å². The van der Waals surface area contributed by atoms with Crippen molar-refractivity contribution >= 4 is 23.1 Å². The Kier molecular flexibility index (Phi) is 4.58. The van der Waals surface area contributed by atoms with Crippen molar-refractivity contribution in [3.05, 3.63) is 11.5 Å². The zero-order chi connectivity index (χ0) is 11.3. The van der Waals surface area contributed by atoms with E-state index in [0.29, 0.717) is 24.7 Å². The van der Waals surface area contributed by atoms with Crippen LogP contribution in [0, 0.1) is 0 Å². The lowest BCUT2D eigenvalue weighted by atomic mass is 10.4. The summed E-state index contributed by atoms with van der Waals surface area (Å²) >= 11 is 5.74. The minimum absolute atomic E-state index is 0.100. The Morgan fingerprint density at radius 3 is 3.00 bits per heavy atom. The summed E-state index contributed by atoms with van der Waals surface area (Å²) < 4.78 is 5.35. The molecule has 0 aromatic carbocycles. The summed E-state index contributed by atoms with van der Waals surface area (Å²) in [4.78, 5) is 7.74. The van der Waals surface area contributed by atoms with Crippen LogP contribution in [0.25, 0.3) is 0 Å². The SMILES string of the molecule is CCOC(C)CNc1ncnc(Cl)c1N. The normalized spacial score (nSPS) is 12.5. The van der Waals surface area contributed by atoms with Crippen molar-refractivity contribution in [1.29, 1.82) is 0 Å². The molecule has 1 atom stereocenters. The number of nitrogen functional groups attached to an aromatic ring is 1. The van der Waals surface area contributed by atoms with Crippen LogP contribution < -0.4 is 11.1 Å². The average molecular weight is 231 g/mol. The van der Waals surface area contributed by atoms with Gasteiger partial charge in [-0.1, -0.05) is 11.6 Å². The van der Waals surface area contributed by atoms with Gasteiger partial charge < -0.3 is 15.8 Å². The van der Waals surface area contributed by atoms with Crippen LogP contribution in [0.1, 0.15) is 13.8 Å². The Labute approximate surface area is 94.0 Å². The van der Waals surface area contributed by atoms with Gasteiger partial charge in [0.2, 0.25) is 0 Å². The highest BCUT2D eigenvalue weighted by Crippen LogP contribution is 2.21. The molecule has 0 aliphatic carbocycles. The molecule has 5 nitrogen and oxygen atoms in total. The molecule has 0 spiro atoms. The third-order valence-corrected chi connectivity index (χ3v) is 2.14. The van der Waals surface area contributed by atoms with Gasteiger partial charge in [-0.05, 0) is 13.8 Å². The molecule has 1 aromatic heterocycles. The summed E-state index contributed by atoms with van der Waals surface area (Å²) in [5.41, 5.74) is 6.05. The third kappa shape index (κ3) is 3.53. The first-order valence-corrected chi connectivity index (χ1v) is 5.14. The summed E-state index contributed by atoms with van der Waals surface area (Å²) in [6.07, 6.45) is 1.47. The molecule has 6 heteroatoms. The number of nitrogens with zero attached hydrogens (tertiary/aromatic N) is 2. The quantitative estimate of drug-likeness (QED) is 0.751. The molecular formula is C9H15ClN4O. The van der Waals surface area contributed by atoms with E-state index in [4.69, 9.17) is 22.1 Å². The fourth-order valence-corrected chi connectivity index (χ4v) is 1.23. The number of rotatable bonds is 5. The summed E-state index contributed by atoms with van der Waals surface area (Å²) in [5.74, 6) is 0.543. The molecule has 0 aliphatic rings. The third-order valence-electron chi connectivity index (χ3n) is 1.84. The summed E-state index contributed by atoms with van der Waals surface area (Å²) in [5, 5.41) is 3.31. The largest absolute Gasteiger partial charge is 0.393 e. The minimum Gasteiger partial charge on any atom is -0.393 e. The van der Waals surface area contributed by atoms with Gasteiger partial charge in [0.1, 0.15) is 12.0 Å². The van der Waals surface area contributed by atoms with Crippen molar-refractivity contribution in [3.63, 3.8) is 0 Å². The van der Waals surface area contributed by atoms with Crippen LogP contribution in [0.4, 0.5) is 11.5 Å². The van der Waals surface area contributed by atoms with Crippen LogP contribution in [0.5, 0.6) is 0 Å². The van der Waals surface area contributed by atoms with Crippen molar-refractivity contribution in [2.75, 3.05) is 24.2 Å². The minimum atomic E-state index is 0.100. The van der Waals surface area contributed by atoms with Crippen molar-refractivity contribution < 1.29 is 4.74 Å². The Morgan fingerprint density at radius 2 is 2.33 bits per heavy atom. The molecule has 0 saturated heterocycles. The van der Waals surface area contributed by atoms with Gasteiger partial charge in [-0.3, -0.25) is 0 Å². The van der Waals surface area contributed by atoms with Crippen LogP contribution in [0.3, 0.4) is 0 Å². The smallest absolute Gasteiger partial charge is 0.157 e. The lowest BCUT2D eigenvalue weighted by molar-refractivity contribution is 0.0855. The standard InChI is InChI=1S/C9H15ClN4O/c1-3-15-6(2)4-12-9-7(11)8(10)13-5-14-9/h5-6H,3-4,11H2,1-2H3,(H,12,13,14). The number of nitrogens with two attached hydrogens (primary N) is 1. The van der Waals surface area contributed by atoms with Gasteiger partial charge in [-0.15, -0.1) is 0 Å². The highest BCUT2D eigenvalue weighted by molar-refractivity contribution is 6.32. The fourth-order valence-electron chi connectivity index (χ4n) is 1.10. The molecule has 0 radical (unpaired) electrons. The van der Waals surface area contributed by atoms with Gasteiger partial charge in [0.15, 0.2) is 11.0 Å². The summed E-state index contributed by atoms with van der Waals surface area (Å²) in [6, 6.07) is 0. The Bertz CT molecular complexity index is 321. The molecule has 1 aromatic rings. The van der Waals surface area contributed by atoms with E-state index in [2.05, 4.69) is 15.3 Å². The van der Waals surface area contributed by atoms with Crippen molar-refractivity contribution in [2.45, 2.75) is 20.0 Å². The topological polar surface area (TPSA) is 73.1 Å². The molecule has 0 bridgehead atoms. The molecule has 0 saturated carbocycles. The van der Waals surface area contributed by atoms with E-state index < -0.39 is 0 Å². The highest BCUT2D eigenvalue weighted by Gasteiger charge is 2.07. The van der Waals surface area contributed by atoms with E-state index in [1.54, 1.807) is 0 Å². The first-order valence-electron chi connectivity index (χ1n) is 4.76. The maximum atomic E-state index is 5.74. The number of hydrogen-bond donors (Lipinski definition) is 2. The van der Waals surface area contributed by atoms with E-state index >= 15 is 0 Å². The first kappa shape index (κ1) is 12.0.